The zero-order valence-electron chi connectivity index (χ0n) is 15.5. The highest BCUT2D eigenvalue weighted by molar-refractivity contribution is 6.22. The first-order valence-electron chi connectivity index (χ1n) is 8.93. The summed E-state index contributed by atoms with van der Waals surface area (Å²) in [6.45, 7) is 4.34. The molecule has 5 nitrogen and oxygen atoms in total. The maximum atomic E-state index is 12.2. The number of aryl methyl sites for hydroxylation is 2. The van der Waals surface area contributed by atoms with Gasteiger partial charge in [-0.3, -0.25) is 19.3 Å². The van der Waals surface area contributed by atoms with Crippen molar-refractivity contribution >= 4 is 23.8 Å². The van der Waals surface area contributed by atoms with Gasteiger partial charge in [0, 0.05) is 6.54 Å². The zero-order valence-corrected chi connectivity index (χ0v) is 15.5. The molecule has 0 aliphatic carbocycles. The molecule has 0 saturated carbocycles. The van der Waals surface area contributed by atoms with E-state index in [0.717, 1.165) is 10.5 Å². The Morgan fingerprint density at radius 2 is 1.67 bits per heavy atom. The molecule has 138 valence electrons. The summed E-state index contributed by atoms with van der Waals surface area (Å²) in [5.41, 5.74) is 4.33. The van der Waals surface area contributed by atoms with Gasteiger partial charge in [-0.1, -0.05) is 42.5 Å². The zero-order chi connectivity index (χ0) is 19.4. The second-order valence-electron chi connectivity index (χ2n) is 6.63. The van der Waals surface area contributed by atoms with Crippen LogP contribution in [-0.2, 0) is 4.79 Å². The van der Waals surface area contributed by atoms with Crippen LogP contribution in [-0.4, -0.2) is 35.7 Å². The number of fused-ring (bicyclic) bond motifs is 1. The van der Waals surface area contributed by atoms with E-state index in [-0.39, 0.29) is 12.5 Å². The number of imide groups is 1. The Labute approximate surface area is 158 Å². The summed E-state index contributed by atoms with van der Waals surface area (Å²) in [6.07, 6.45) is 4.68. The topological polar surface area (TPSA) is 66.5 Å². The predicted octanol–water partition coefficient (Wildman–Crippen LogP) is 3.12. The minimum Gasteiger partial charge on any atom is -0.354 e. The third-order valence-corrected chi connectivity index (χ3v) is 4.65. The highest BCUT2D eigenvalue weighted by Crippen LogP contribution is 2.21. The highest BCUT2D eigenvalue weighted by atomic mass is 16.2. The smallest absolute Gasteiger partial charge is 0.262 e. The van der Waals surface area contributed by atoms with Gasteiger partial charge in [-0.05, 0) is 49.1 Å². The van der Waals surface area contributed by atoms with Crippen molar-refractivity contribution in [1.29, 1.82) is 0 Å². The molecular formula is C22H22N2O3. The summed E-state index contributed by atoms with van der Waals surface area (Å²) in [5.74, 6) is -1.18. The third kappa shape index (κ3) is 4.14. The van der Waals surface area contributed by atoms with Crippen LogP contribution in [0.4, 0.5) is 0 Å². The number of benzene rings is 2. The molecule has 2 aromatic rings. The SMILES string of the molecule is Cc1ccc(/C=C/CCNC(=O)CN2C(=O)c3ccccc3C2=O)cc1C. The molecule has 1 heterocycles. The molecule has 1 aliphatic heterocycles. The Kier molecular flexibility index (Phi) is 5.50. The molecule has 1 N–H and O–H groups in total. The van der Waals surface area contributed by atoms with Crippen molar-refractivity contribution in [3.05, 3.63) is 76.4 Å². The molecule has 0 bridgehead atoms. The highest BCUT2D eigenvalue weighted by Gasteiger charge is 2.36. The van der Waals surface area contributed by atoms with E-state index in [1.807, 2.05) is 12.2 Å². The van der Waals surface area contributed by atoms with Crippen LogP contribution in [0.15, 0.2) is 48.5 Å². The molecule has 0 unspecified atom stereocenters. The fraction of sp³-hybridized carbons (Fsp3) is 0.227. The molecule has 3 amide bonds. The normalized spacial score (nSPS) is 13.3. The largest absolute Gasteiger partial charge is 0.354 e. The number of nitrogens with one attached hydrogen (secondary N) is 1. The van der Waals surface area contributed by atoms with Crippen molar-refractivity contribution in [1.82, 2.24) is 10.2 Å². The summed E-state index contributed by atoms with van der Waals surface area (Å²) in [6, 6.07) is 12.9. The van der Waals surface area contributed by atoms with E-state index in [0.29, 0.717) is 24.1 Å². The second kappa shape index (κ2) is 7.99. The van der Waals surface area contributed by atoms with Crippen molar-refractivity contribution in [2.24, 2.45) is 0 Å². The van der Waals surface area contributed by atoms with Crippen molar-refractivity contribution in [2.75, 3.05) is 13.1 Å². The van der Waals surface area contributed by atoms with Crippen LogP contribution in [0.5, 0.6) is 0 Å². The molecule has 0 atom stereocenters. The van der Waals surface area contributed by atoms with Crippen LogP contribution < -0.4 is 5.32 Å². The van der Waals surface area contributed by atoms with Crippen molar-refractivity contribution in [3.63, 3.8) is 0 Å². The van der Waals surface area contributed by atoms with E-state index >= 15 is 0 Å². The summed E-state index contributed by atoms with van der Waals surface area (Å²) in [5, 5.41) is 2.75. The van der Waals surface area contributed by atoms with Gasteiger partial charge in [-0.25, -0.2) is 0 Å². The predicted molar refractivity (Wildman–Crippen MR) is 104 cm³/mol. The summed E-state index contributed by atoms with van der Waals surface area (Å²) in [7, 11) is 0. The van der Waals surface area contributed by atoms with Crippen LogP contribution in [0.2, 0.25) is 0 Å². The second-order valence-corrected chi connectivity index (χ2v) is 6.63. The molecule has 3 rings (SSSR count). The number of amides is 3. The van der Waals surface area contributed by atoms with Crippen LogP contribution >= 0.6 is 0 Å². The van der Waals surface area contributed by atoms with E-state index in [1.165, 1.54) is 11.1 Å². The maximum absolute atomic E-state index is 12.2. The maximum Gasteiger partial charge on any atom is 0.262 e. The van der Waals surface area contributed by atoms with Gasteiger partial charge in [-0.2, -0.15) is 0 Å². The fourth-order valence-corrected chi connectivity index (χ4v) is 2.96. The molecule has 27 heavy (non-hydrogen) atoms. The number of carbonyl (C=O) groups is 3. The van der Waals surface area contributed by atoms with Gasteiger partial charge >= 0.3 is 0 Å². The van der Waals surface area contributed by atoms with Crippen LogP contribution in [0.25, 0.3) is 6.08 Å². The lowest BCUT2D eigenvalue weighted by Crippen LogP contribution is -2.40. The van der Waals surface area contributed by atoms with Crippen molar-refractivity contribution in [2.45, 2.75) is 20.3 Å². The fourth-order valence-electron chi connectivity index (χ4n) is 2.96. The van der Waals surface area contributed by atoms with Crippen molar-refractivity contribution < 1.29 is 14.4 Å². The Hall–Kier alpha value is -3.21. The molecule has 2 aromatic carbocycles. The van der Waals surface area contributed by atoms with Gasteiger partial charge in [0.15, 0.2) is 0 Å². The summed E-state index contributed by atoms with van der Waals surface area (Å²) in [4.78, 5) is 37.5. The van der Waals surface area contributed by atoms with Crippen LogP contribution in [0.1, 0.15) is 43.8 Å². The van der Waals surface area contributed by atoms with Gasteiger partial charge in [0.2, 0.25) is 5.91 Å². The number of hydrogen-bond acceptors (Lipinski definition) is 3. The molecule has 1 aliphatic rings. The lowest BCUT2D eigenvalue weighted by Gasteiger charge is -2.13. The van der Waals surface area contributed by atoms with Gasteiger partial charge < -0.3 is 5.32 Å². The molecular weight excluding hydrogens is 340 g/mol. The minimum atomic E-state index is -0.416. The molecule has 0 radical (unpaired) electrons. The van der Waals surface area contributed by atoms with E-state index in [4.69, 9.17) is 0 Å². The first-order chi connectivity index (χ1) is 13.0. The van der Waals surface area contributed by atoms with Gasteiger partial charge in [-0.15, -0.1) is 0 Å². The van der Waals surface area contributed by atoms with Crippen LogP contribution in [0, 0.1) is 13.8 Å². The molecule has 0 saturated heterocycles. The number of nitrogens with zero attached hydrogens (tertiary/aromatic N) is 1. The van der Waals surface area contributed by atoms with Gasteiger partial charge in [0.1, 0.15) is 6.54 Å². The van der Waals surface area contributed by atoms with Gasteiger partial charge in [0.25, 0.3) is 11.8 Å². The molecule has 5 heteroatoms. The van der Waals surface area contributed by atoms with E-state index in [2.05, 4.69) is 37.4 Å². The number of hydrogen-bond donors (Lipinski definition) is 1. The first-order valence-corrected chi connectivity index (χ1v) is 8.93. The van der Waals surface area contributed by atoms with Gasteiger partial charge in [0.05, 0.1) is 11.1 Å². The minimum absolute atomic E-state index is 0.257. The number of rotatable bonds is 6. The van der Waals surface area contributed by atoms with E-state index < -0.39 is 11.8 Å². The Balaban J connectivity index is 1.46. The molecule has 0 fully saturated rings. The van der Waals surface area contributed by atoms with E-state index in [1.54, 1.807) is 24.3 Å². The quantitative estimate of drug-likeness (QED) is 0.634. The molecule has 0 spiro atoms. The first kappa shape index (κ1) is 18.6. The third-order valence-electron chi connectivity index (χ3n) is 4.65. The summed E-state index contributed by atoms with van der Waals surface area (Å²) >= 11 is 0. The van der Waals surface area contributed by atoms with Crippen molar-refractivity contribution in [3.8, 4) is 0 Å². The number of carbonyl (C=O) groups excluding carboxylic acids is 3. The summed E-state index contributed by atoms with van der Waals surface area (Å²) < 4.78 is 0. The standard InChI is InChI=1S/C22H22N2O3/c1-15-10-11-17(13-16(15)2)7-5-6-12-23-20(25)14-24-21(26)18-8-3-4-9-19(18)22(24)27/h3-5,7-11,13H,6,12,14H2,1-2H3,(H,23,25)/b7-5+. The average molecular weight is 362 g/mol. The lowest BCUT2D eigenvalue weighted by atomic mass is 10.1. The lowest BCUT2D eigenvalue weighted by molar-refractivity contribution is -0.121. The Morgan fingerprint density at radius 3 is 2.30 bits per heavy atom. The van der Waals surface area contributed by atoms with Crippen LogP contribution in [0.3, 0.4) is 0 Å². The Bertz CT molecular complexity index is 896. The average Bonchev–Trinajstić information content (AvgIpc) is 2.89. The Morgan fingerprint density at radius 1 is 1.00 bits per heavy atom. The van der Waals surface area contributed by atoms with E-state index in [9.17, 15) is 14.4 Å². The monoisotopic (exact) mass is 362 g/mol. The molecule has 0 aromatic heterocycles.